The van der Waals surface area contributed by atoms with Crippen LogP contribution >= 0.6 is 11.6 Å². The van der Waals surface area contributed by atoms with Gasteiger partial charge in [0.15, 0.2) is 17.3 Å². The Bertz CT molecular complexity index is 1440. The van der Waals surface area contributed by atoms with Crippen molar-refractivity contribution in [2.75, 3.05) is 30.4 Å². The lowest BCUT2D eigenvalue weighted by Crippen LogP contribution is -2.23. The van der Waals surface area contributed by atoms with Gasteiger partial charge in [0.25, 0.3) is 0 Å². The molecule has 6 rings (SSSR count). The van der Waals surface area contributed by atoms with Crippen LogP contribution in [0.2, 0.25) is 5.02 Å². The molecular weight excluding hydrogens is 468 g/mol. The summed E-state index contributed by atoms with van der Waals surface area (Å²) in [5, 5.41) is 10.2. The molecule has 1 aliphatic heterocycles. The maximum atomic E-state index is 15.6. The summed E-state index contributed by atoms with van der Waals surface area (Å²) < 4.78 is 35.8. The predicted molar refractivity (Wildman–Crippen MR) is 122 cm³/mol. The molecule has 1 aromatic carbocycles. The van der Waals surface area contributed by atoms with Gasteiger partial charge in [0.05, 0.1) is 46.8 Å². The van der Waals surface area contributed by atoms with Crippen LogP contribution in [-0.2, 0) is 9.53 Å². The Morgan fingerprint density at radius 1 is 1.35 bits per heavy atom. The Kier molecular flexibility index (Phi) is 4.92. The number of imidazole rings is 1. The number of hydrogen-bond donors (Lipinski definition) is 2. The van der Waals surface area contributed by atoms with E-state index >= 15 is 4.39 Å². The number of nitrogens with one attached hydrogen (secondary N) is 2. The molecule has 1 saturated carbocycles. The van der Waals surface area contributed by atoms with E-state index in [0.717, 1.165) is 6.42 Å². The molecule has 0 bridgehead atoms. The number of halogens is 3. The number of rotatable bonds is 5. The molecule has 1 saturated heterocycles. The summed E-state index contributed by atoms with van der Waals surface area (Å²) in [6, 6.07) is 0. The summed E-state index contributed by atoms with van der Waals surface area (Å²) in [5.74, 6) is -1.30. The average Bonchev–Trinajstić information content (AvgIpc) is 3.23. The monoisotopic (exact) mass is 487 g/mol. The molecule has 3 aromatic heterocycles. The molecule has 2 aliphatic rings. The number of methoxy groups -OCH3 is 1. The number of amides is 1. The van der Waals surface area contributed by atoms with Gasteiger partial charge in [0.1, 0.15) is 11.9 Å². The van der Waals surface area contributed by atoms with E-state index in [1.165, 1.54) is 6.20 Å². The summed E-state index contributed by atoms with van der Waals surface area (Å²) in [6.45, 7) is 1.19. The highest BCUT2D eigenvalue weighted by Gasteiger charge is 2.43. The highest BCUT2D eigenvalue weighted by Crippen LogP contribution is 2.43. The minimum absolute atomic E-state index is 0.0199. The van der Waals surface area contributed by atoms with Crippen LogP contribution in [0.25, 0.3) is 27.8 Å². The van der Waals surface area contributed by atoms with E-state index in [1.807, 2.05) is 4.90 Å². The van der Waals surface area contributed by atoms with Crippen LogP contribution in [0.3, 0.4) is 0 Å². The Labute approximate surface area is 197 Å². The fraction of sp³-hybridized carbons (Fsp3) is 0.364. The second kappa shape index (κ2) is 7.88. The molecule has 0 radical (unpaired) electrons. The maximum Gasteiger partial charge on any atom is 0.231 e. The van der Waals surface area contributed by atoms with Gasteiger partial charge in [-0.2, -0.15) is 5.10 Å². The van der Waals surface area contributed by atoms with Crippen molar-refractivity contribution in [3.63, 3.8) is 0 Å². The molecule has 2 N–H and O–H groups in total. The first-order valence-corrected chi connectivity index (χ1v) is 11.2. The second-order valence-corrected chi connectivity index (χ2v) is 8.99. The van der Waals surface area contributed by atoms with E-state index in [1.54, 1.807) is 30.1 Å². The quantitative estimate of drug-likeness (QED) is 0.446. The van der Waals surface area contributed by atoms with Crippen LogP contribution in [0.1, 0.15) is 12.8 Å². The van der Waals surface area contributed by atoms with Crippen LogP contribution < -0.4 is 10.2 Å². The normalized spacial score (nSPS) is 22.1. The first-order chi connectivity index (χ1) is 16.4. The molecule has 3 atom stereocenters. The van der Waals surface area contributed by atoms with Crippen LogP contribution in [0, 0.1) is 11.7 Å². The molecule has 34 heavy (non-hydrogen) atoms. The number of hydrogen-bond acceptors (Lipinski definition) is 6. The smallest absolute Gasteiger partial charge is 0.231 e. The van der Waals surface area contributed by atoms with E-state index < -0.39 is 23.8 Å². The van der Waals surface area contributed by atoms with Crippen molar-refractivity contribution in [1.82, 2.24) is 24.6 Å². The van der Waals surface area contributed by atoms with Crippen molar-refractivity contribution in [2.24, 2.45) is 5.92 Å². The fourth-order valence-corrected chi connectivity index (χ4v) is 4.80. The van der Waals surface area contributed by atoms with Crippen molar-refractivity contribution >= 4 is 45.6 Å². The van der Waals surface area contributed by atoms with E-state index in [2.05, 4.69) is 25.5 Å². The Morgan fingerprint density at radius 2 is 2.18 bits per heavy atom. The van der Waals surface area contributed by atoms with E-state index in [0.29, 0.717) is 46.6 Å². The Balaban J connectivity index is 1.40. The summed E-state index contributed by atoms with van der Waals surface area (Å²) in [5.41, 5.74) is 2.16. The van der Waals surface area contributed by atoms with Crippen LogP contribution in [0.15, 0.2) is 24.8 Å². The Morgan fingerprint density at radius 3 is 2.91 bits per heavy atom. The van der Waals surface area contributed by atoms with Gasteiger partial charge in [0, 0.05) is 37.3 Å². The number of anilines is 2. The number of alkyl halides is 1. The number of aromatic amines is 1. The molecule has 4 aromatic rings. The molecule has 1 aliphatic carbocycles. The van der Waals surface area contributed by atoms with E-state index in [-0.39, 0.29) is 23.4 Å². The molecule has 12 heteroatoms. The average molecular weight is 488 g/mol. The van der Waals surface area contributed by atoms with Gasteiger partial charge in [0.2, 0.25) is 5.91 Å². The minimum atomic E-state index is -1.09. The predicted octanol–water partition coefficient (Wildman–Crippen LogP) is 3.59. The van der Waals surface area contributed by atoms with Crippen molar-refractivity contribution in [3.8, 4) is 11.3 Å². The van der Waals surface area contributed by atoms with Crippen molar-refractivity contribution in [3.05, 3.63) is 35.6 Å². The van der Waals surface area contributed by atoms with Gasteiger partial charge in [-0.15, -0.1) is 0 Å². The van der Waals surface area contributed by atoms with E-state index in [9.17, 15) is 9.18 Å². The largest absolute Gasteiger partial charge is 0.380 e. The van der Waals surface area contributed by atoms with Gasteiger partial charge >= 0.3 is 0 Å². The molecule has 9 nitrogen and oxygen atoms in total. The van der Waals surface area contributed by atoms with Crippen molar-refractivity contribution in [1.29, 1.82) is 0 Å². The fourth-order valence-electron chi connectivity index (χ4n) is 4.51. The van der Waals surface area contributed by atoms with Gasteiger partial charge in [-0.3, -0.25) is 14.9 Å². The number of nitrogens with zero attached hydrogens (tertiary/aromatic N) is 5. The van der Waals surface area contributed by atoms with Crippen LogP contribution in [0.4, 0.5) is 20.3 Å². The zero-order valence-electron chi connectivity index (χ0n) is 18.1. The van der Waals surface area contributed by atoms with E-state index in [4.69, 9.17) is 16.3 Å². The third-order valence-electron chi connectivity index (χ3n) is 6.46. The van der Waals surface area contributed by atoms with Gasteiger partial charge in [-0.05, 0) is 12.8 Å². The molecule has 0 unspecified atom stereocenters. The lowest BCUT2D eigenvalue weighted by molar-refractivity contribution is -0.117. The highest BCUT2D eigenvalue weighted by molar-refractivity contribution is 6.36. The summed E-state index contributed by atoms with van der Waals surface area (Å²) in [7, 11) is 1.64. The molecular formula is C22H20ClF2N7O2. The van der Waals surface area contributed by atoms with Gasteiger partial charge in [-0.1, -0.05) is 11.6 Å². The molecule has 2 fully saturated rings. The van der Waals surface area contributed by atoms with Crippen LogP contribution in [0.5, 0.6) is 0 Å². The number of benzene rings is 1. The number of ether oxygens (including phenoxy) is 1. The topological polar surface area (TPSA) is 100 Å². The first-order valence-electron chi connectivity index (χ1n) is 10.9. The number of carbonyl (C=O) groups is 1. The standard InChI is InChI=1S/C22H20ClF2N7O2/c1-34-10-2-3-31(7-10)21-19(25)18(23)17(12-5-27-30-20(12)21)14-8-32-9-15(28-16(32)6-26-14)29-22(33)11-4-13(11)24/h5-6,8-11,13H,2-4,7H2,1H3,(H,27,30)(H,29,33)/t10-,11-,13+/m1/s1. The molecule has 176 valence electrons. The van der Waals surface area contributed by atoms with Gasteiger partial charge in [-0.25, -0.2) is 13.8 Å². The lowest BCUT2D eigenvalue weighted by Gasteiger charge is -2.21. The zero-order chi connectivity index (χ0) is 23.6. The third kappa shape index (κ3) is 3.38. The molecule has 1 amide bonds. The third-order valence-corrected chi connectivity index (χ3v) is 6.81. The van der Waals surface area contributed by atoms with Crippen molar-refractivity contribution < 1.29 is 18.3 Å². The number of carbonyl (C=O) groups excluding carboxylic acids is 1. The first kappa shape index (κ1) is 21.2. The SMILES string of the molecule is CO[C@@H]1CCN(c2c(F)c(Cl)c(-c3cn4cc(NC(=O)[C@@H]5C[C@@H]5F)nc4cn3)c3cn[nH]c23)C1. The lowest BCUT2D eigenvalue weighted by atomic mass is 10.0. The number of fused-ring (bicyclic) bond motifs is 2. The number of aromatic nitrogens is 5. The van der Waals surface area contributed by atoms with Crippen LogP contribution in [-0.4, -0.2) is 62.9 Å². The highest BCUT2D eigenvalue weighted by atomic mass is 35.5. The maximum absolute atomic E-state index is 15.6. The summed E-state index contributed by atoms with van der Waals surface area (Å²) >= 11 is 6.57. The minimum Gasteiger partial charge on any atom is -0.380 e. The summed E-state index contributed by atoms with van der Waals surface area (Å²) in [6.07, 6.45) is 6.28. The Hall–Kier alpha value is -3.31. The molecule has 4 heterocycles. The van der Waals surface area contributed by atoms with Gasteiger partial charge < -0.3 is 19.4 Å². The zero-order valence-corrected chi connectivity index (χ0v) is 18.8. The van der Waals surface area contributed by atoms with Crippen molar-refractivity contribution in [2.45, 2.75) is 25.1 Å². The summed E-state index contributed by atoms with van der Waals surface area (Å²) in [4.78, 5) is 22.7. The second-order valence-electron chi connectivity index (χ2n) is 8.61. The molecule has 0 spiro atoms. The number of H-pyrrole nitrogens is 1.